The maximum absolute atomic E-state index is 12.0. The van der Waals surface area contributed by atoms with E-state index in [1.807, 2.05) is 11.3 Å². The Balaban J connectivity index is 1.83. The Kier molecular flexibility index (Phi) is 4.53. The van der Waals surface area contributed by atoms with Gasteiger partial charge in [-0.2, -0.15) is 0 Å². The van der Waals surface area contributed by atoms with Crippen LogP contribution in [0.15, 0.2) is 41.6 Å². The molecule has 0 saturated heterocycles. The second-order valence-electron chi connectivity index (χ2n) is 5.03. The molecular formula is C16H18N2OS2. The molecule has 0 spiro atoms. The summed E-state index contributed by atoms with van der Waals surface area (Å²) in [6.45, 7) is 5.52. The summed E-state index contributed by atoms with van der Waals surface area (Å²) in [5.74, 6) is 0.0649. The van der Waals surface area contributed by atoms with Crippen molar-refractivity contribution in [1.82, 2.24) is 10.2 Å². The predicted molar refractivity (Wildman–Crippen MR) is 89.0 cm³/mol. The van der Waals surface area contributed by atoms with Crippen LogP contribution in [-0.4, -0.2) is 30.4 Å². The molecule has 1 N–H and O–H groups in total. The highest BCUT2D eigenvalue weighted by atomic mass is 32.1. The molecule has 2 aromatic rings. The van der Waals surface area contributed by atoms with Crippen LogP contribution in [0.3, 0.4) is 0 Å². The van der Waals surface area contributed by atoms with Gasteiger partial charge in [0.15, 0.2) is 0 Å². The summed E-state index contributed by atoms with van der Waals surface area (Å²) >= 11 is 3.59. The first-order valence-corrected chi connectivity index (χ1v) is 8.77. The molecule has 0 radical (unpaired) electrons. The van der Waals surface area contributed by atoms with Gasteiger partial charge in [-0.15, -0.1) is 29.3 Å². The summed E-state index contributed by atoms with van der Waals surface area (Å²) in [6, 6.07) is 6.67. The summed E-state index contributed by atoms with van der Waals surface area (Å²) in [7, 11) is 0. The molecule has 110 valence electrons. The van der Waals surface area contributed by atoms with Gasteiger partial charge < -0.3 is 5.32 Å². The van der Waals surface area contributed by atoms with E-state index in [2.05, 4.69) is 45.8 Å². The Hall–Kier alpha value is -1.43. The zero-order valence-electron chi connectivity index (χ0n) is 11.7. The van der Waals surface area contributed by atoms with E-state index < -0.39 is 0 Å². The fourth-order valence-electron chi connectivity index (χ4n) is 2.75. The minimum atomic E-state index is 0.0649. The Morgan fingerprint density at radius 2 is 2.33 bits per heavy atom. The lowest BCUT2D eigenvalue weighted by Crippen LogP contribution is -2.42. The minimum Gasteiger partial charge on any atom is -0.352 e. The van der Waals surface area contributed by atoms with Crippen molar-refractivity contribution in [1.29, 1.82) is 0 Å². The molecule has 0 saturated carbocycles. The topological polar surface area (TPSA) is 32.3 Å². The zero-order valence-corrected chi connectivity index (χ0v) is 13.4. The van der Waals surface area contributed by atoms with E-state index >= 15 is 0 Å². The highest BCUT2D eigenvalue weighted by Crippen LogP contribution is 2.39. The molecule has 3 rings (SSSR count). The highest BCUT2D eigenvalue weighted by molar-refractivity contribution is 7.10. The van der Waals surface area contributed by atoms with Gasteiger partial charge in [0.05, 0.1) is 12.6 Å². The van der Waals surface area contributed by atoms with E-state index in [0.29, 0.717) is 13.1 Å². The SMILES string of the molecule is C=CCNC(=O)CN1CCc2sccc2C1c1cccs1. The van der Waals surface area contributed by atoms with Gasteiger partial charge in [0, 0.05) is 22.8 Å². The monoisotopic (exact) mass is 318 g/mol. The number of amides is 1. The van der Waals surface area contributed by atoms with Crippen molar-refractivity contribution in [2.45, 2.75) is 12.5 Å². The number of nitrogens with zero attached hydrogens (tertiary/aromatic N) is 1. The standard InChI is InChI=1S/C16H18N2OS2/c1-2-7-17-15(19)11-18-8-5-13-12(6-10-21-13)16(18)14-4-3-9-20-14/h2-4,6,9-10,16H,1,5,7-8,11H2,(H,17,19). The molecular weight excluding hydrogens is 300 g/mol. The Labute approximate surface area is 132 Å². The quantitative estimate of drug-likeness (QED) is 0.859. The third-order valence-corrected chi connectivity index (χ3v) is 5.59. The summed E-state index contributed by atoms with van der Waals surface area (Å²) in [6.07, 6.45) is 2.74. The Morgan fingerprint density at radius 3 is 3.10 bits per heavy atom. The lowest BCUT2D eigenvalue weighted by atomic mass is 9.98. The van der Waals surface area contributed by atoms with E-state index in [1.165, 1.54) is 15.3 Å². The second kappa shape index (κ2) is 6.56. The average molecular weight is 318 g/mol. The van der Waals surface area contributed by atoms with E-state index in [0.717, 1.165) is 13.0 Å². The number of fused-ring (bicyclic) bond motifs is 1. The molecule has 5 heteroatoms. The van der Waals surface area contributed by atoms with Crippen LogP contribution in [0, 0.1) is 0 Å². The number of hydrogen-bond acceptors (Lipinski definition) is 4. The fraction of sp³-hybridized carbons (Fsp3) is 0.312. The molecule has 0 aliphatic carbocycles. The van der Waals surface area contributed by atoms with Gasteiger partial charge in [0.2, 0.25) is 5.91 Å². The van der Waals surface area contributed by atoms with Crippen molar-refractivity contribution in [3.8, 4) is 0 Å². The number of carbonyl (C=O) groups excluding carboxylic acids is 1. The van der Waals surface area contributed by atoms with Crippen molar-refractivity contribution in [2.75, 3.05) is 19.6 Å². The van der Waals surface area contributed by atoms with Crippen LogP contribution in [0.1, 0.15) is 21.4 Å². The molecule has 1 unspecified atom stereocenters. The molecule has 0 fully saturated rings. The first kappa shape index (κ1) is 14.5. The molecule has 1 aliphatic heterocycles. The normalized spacial score (nSPS) is 18.2. The van der Waals surface area contributed by atoms with Gasteiger partial charge in [0.1, 0.15) is 0 Å². The van der Waals surface area contributed by atoms with Crippen LogP contribution >= 0.6 is 22.7 Å². The first-order chi connectivity index (χ1) is 10.3. The number of thiophene rings is 2. The van der Waals surface area contributed by atoms with Crippen LogP contribution < -0.4 is 5.32 Å². The van der Waals surface area contributed by atoms with Gasteiger partial charge in [0.25, 0.3) is 0 Å². The average Bonchev–Trinajstić information content (AvgIpc) is 3.15. The second-order valence-corrected chi connectivity index (χ2v) is 7.01. The Bertz CT molecular complexity index is 618. The van der Waals surface area contributed by atoms with Crippen molar-refractivity contribution >= 4 is 28.6 Å². The highest BCUT2D eigenvalue weighted by Gasteiger charge is 2.31. The lowest BCUT2D eigenvalue weighted by Gasteiger charge is -2.34. The van der Waals surface area contributed by atoms with Crippen molar-refractivity contribution in [3.63, 3.8) is 0 Å². The lowest BCUT2D eigenvalue weighted by molar-refractivity contribution is -0.122. The molecule has 0 aromatic carbocycles. The molecule has 3 nitrogen and oxygen atoms in total. The number of rotatable bonds is 5. The van der Waals surface area contributed by atoms with Crippen LogP contribution in [0.2, 0.25) is 0 Å². The summed E-state index contributed by atoms with van der Waals surface area (Å²) in [5, 5.41) is 7.13. The summed E-state index contributed by atoms with van der Waals surface area (Å²) < 4.78 is 0. The predicted octanol–water partition coefficient (Wildman–Crippen LogP) is 3.06. The summed E-state index contributed by atoms with van der Waals surface area (Å²) in [5.41, 5.74) is 1.37. The fourth-order valence-corrected chi connectivity index (χ4v) is 4.53. The van der Waals surface area contributed by atoms with Crippen LogP contribution in [0.25, 0.3) is 0 Å². The van der Waals surface area contributed by atoms with Crippen LogP contribution in [0.4, 0.5) is 0 Å². The molecule has 2 aromatic heterocycles. The van der Waals surface area contributed by atoms with Crippen LogP contribution in [-0.2, 0) is 11.2 Å². The maximum atomic E-state index is 12.0. The third kappa shape index (κ3) is 3.10. The molecule has 0 bridgehead atoms. The van der Waals surface area contributed by atoms with E-state index in [1.54, 1.807) is 17.4 Å². The van der Waals surface area contributed by atoms with Gasteiger partial charge in [-0.25, -0.2) is 0 Å². The maximum Gasteiger partial charge on any atom is 0.234 e. The summed E-state index contributed by atoms with van der Waals surface area (Å²) in [4.78, 5) is 17.1. The third-order valence-electron chi connectivity index (χ3n) is 3.67. The van der Waals surface area contributed by atoms with Gasteiger partial charge in [-0.3, -0.25) is 9.69 Å². The van der Waals surface area contributed by atoms with E-state index in [4.69, 9.17) is 0 Å². The number of hydrogen-bond donors (Lipinski definition) is 1. The van der Waals surface area contributed by atoms with Gasteiger partial charge in [-0.1, -0.05) is 12.1 Å². The minimum absolute atomic E-state index is 0.0649. The van der Waals surface area contributed by atoms with Crippen LogP contribution in [0.5, 0.6) is 0 Å². The van der Waals surface area contributed by atoms with Crippen molar-refractivity contribution in [2.24, 2.45) is 0 Å². The van der Waals surface area contributed by atoms with Gasteiger partial charge >= 0.3 is 0 Å². The molecule has 21 heavy (non-hydrogen) atoms. The molecule has 1 amide bonds. The molecule has 1 aliphatic rings. The largest absolute Gasteiger partial charge is 0.352 e. The molecule has 1 atom stereocenters. The van der Waals surface area contributed by atoms with E-state index in [9.17, 15) is 4.79 Å². The van der Waals surface area contributed by atoms with Gasteiger partial charge in [-0.05, 0) is 34.9 Å². The Morgan fingerprint density at radius 1 is 1.43 bits per heavy atom. The molecule has 3 heterocycles. The zero-order chi connectivity index (χ0) is 14.7. The smallest absolute Gasteiger partial charge is 0.234 e. The number of carbonyl (C=O) groups is 1. The van der Waals surface area contributed by atoms with E-state index in [-0.39, 0.29) is 11.9 Å². The first-order valence-electron chi connectivity index (χ1n) is 7.01. The van der Waals surface area contributed by atoms with Crippen molar-refractivity contribution < 1.29 is 4.79 Å². The van der Waals surface area contributed by atoms with Crippen molar-refractivity contribution in [3.05, 3.63) is 56.9 Å². The number of nitrogens with one attached hydrogen (secondary N) is 1.